The molecule has 0 radical (unpaired) electrons. The monoisotopic (exact) mass is 334 g/mol. The lowest BCUT2D eigenvalue weighted by molar-refractivity contribution is 0.188. The maximum absolute atomic E-state index is 10.8. The molecule has 0 aliphatic heterocycles. The Bertz CT molecular complexity index is 282. The molecule has 0 bridgehead atoms. The van der Waals surface area contributed by atoms with Crippen LogP contribution in [0, 0.1) is 0 Å². The van der Waals surface area contributed by atoms with Crippen molar-refractivity contribution in [3.8, 4) is 0 Å². The number of unbranched alkanes of at least 4 members (excludes halogenated alkanes) is 11. The van der Waals surface area contributed by atoms with Crippen LogP contribution in [0.25, 0.3) is 0 Å². The summed E-state index contributed by atoms with van der Waals surface area (Å²) in [6.07, 6.45) is 18.0. The Balaban J connectivity index is 3.65. The van der Waals surface area contributed by atoms with Gasteiger partial charge in [-0.3, -0.25) is 4.18 Å². The molecule has 0 spiro atoms. The summed E-state index contributed by atoms with van der Waals surface area (Å²) < 4.78 is 26.7. The van der Waals surface area contributed by atoms with E-state index in [9.17, 15) is 8.42 Å². The summed E-state index contributed by atoms with van der Waals surface area (Å²) in [5.74, 6) is 0. The average Bonchev–Trinajstić information content (AvgIpc) is 2.49. The van der Waals surface area contributed by atoms with Crippen molar-refractivity contribution in [1.29, 1.82) is 0 Å². The van der Waals surface area contributed by atoms with E-state index in [1.54, 1.807) is 0 Å². The third-order valence-electron chi connectivity index (χ3n) is 4.24. The molecule has 4 heteroatoms. The van der Waals surface area contributed by atoms with E-state index >= 15 is 0 Å². The fourth-order valence-corrected chi connectivity index (χ4v) is 3.31. The standard InChI is InChI=1S/C18H38O3S/c1-3-5-7-9-11-13-15-17-18(21-22(19)20)16-14-12-10-8-6-4-2/h18,22H,3-17H2,1-2H3. The van der Waals surface area contributed by atoms with Crippen molar-refractivity contribution >= 4 is 11.0 Å². The molecule has 0 heterocycles. The average molecular weight is 335 g/mol. The van der Waals surface area contributed by atoms with Gasteiger partial charge in [-0.25, -0.2) is 8.42 Å². The van der Waals surface area contributed by atoms with Gasteiger partial charge < -0.3 is 0 Å². The second kappa shape index (κ2) is 17.3. The highest BCUT2D eigenvalue weighted by Crippen LogP contribution is 2.17. The molecule has 0 aromatic heterocycles. The van der Waals surface area contributed by atoms with Crippen molar-refractivity contribution in [3.63, 3.8) is 0 Å². The molecule has 0 saturated carbocycles. The van der Waals surface area contributed by atoms with Gasteiger partial charge in [-0.1, -0.05) is 97.3 Å². The van der Waals surface area contributed by atoms with Gasteiger partial charge in [-0.2, -0.15) is 0 Å². The lowest BCUT2D eigenvalue weighted by atomic mass is 10.0. The number of hydrogen-bond donors (Lipinski definition) is 1. The van der Waals surface area contributed by atoms with Gasteiger partial charge in [0.15, 0.2) is 0 Å². The highest BCUT2D eigenvalue weighted by molar-refractivity contribution is 7.67. The van der Waals surface area contributed by atoms with Gasteiger partial charge in [0, 0.05) is 0 Å². The molecule has 0 rings (SSSR count). The van der Waals surface area contributed by atoms with Gasteiger partial charge in [0.05, 0.1) is 6.10 Å². The zero-order chi connectivity index (χ0) is 16.5. The molecule has 3 nitrogen and oxygen atoms in total. The van der Waals surface area contributed by atoms with E-state index < -0.39 is 11.0 Å². The maximum atomic E-state index is 10.8. The normalized spacial score (nSPS) is 12.9. The highest BCUT2D eigenvalue weighted by Gasteiger charge is 2.10. The van der Waals surface area contributed by atoms with Gasteiger partial charge >= 0.3 is 0 Å². The molecule has 0 N–H and O–H groups in total. The van der Waals surface area contributed by atoms with Gasteiger partial charge in [-0.05, 0) is 12.8 Å². The molecule has 0 aliphatic rings. The predicted octanol–water partition coefficient (Wildman–Crippen LogP) is 5.79. The molecule has 0 fully saturated rings. The van der Waals surface area contributed by atoms with E-state index in [1.165, 1.54) is 70.6 Å². The van der Waals surface area contributed by atoms with E-state index in [0.717, 1.165) is 25.7 Å². The minimum atomic E-state index is -2.70. The molecule has 0 saturated heterocycles. The zero-order valence-electron chi connectivity index (χ0n) is 14.9. The largest absolute Gasteiger partial charge is 0.269 e. The van der Waals surface area contributed by atoms with E-state index in [4.69, 9.17) is 4.18 Å². The van der Waals surface area contributed by atoms with Crippen molar-refractivity contribution < 1.29 is 12.6 Å². The Kier molecular flexibility index (Phi) is 17.2. The van der Waals surface area contributed by atoms with Crippen molar-refractivity contribution in [2.45, 2.75) is 116 Å². The lowest BCUT2D eigenvalue weighted by Gasteiger charge is -2.14. The summed E-state index contributed by atoms with van der Waals surface area (Å²) in [7, 11) is -2.70. The Hall–Kier alpha value is -0.0900. The van der Waals surface area contributed by atoms with Crippen LogP contribution in [-0.2, 0) is 15.2 Å². The van der Waals surface area contributed by atoms with E-state index in [2.05, 4.69) is 13.8 Å². The van der Waals surface area contributed by atoms with Crippen LogP contribution in [0.3, 0.4) is 0 Å². The van der Waals surface area contributed by atoms with Crippen LogP contribution in [-0.4, -0.2) is 14.5 Å². The molecule has 0 amide bonds. The molecule has 0 aromatic rings. The SMILES string of the molecule is CCCCCCCCCC(CCCCCCCC)O[SH](=O)=O. The van der Waals surface area contributed by atoms with Crippen molar-refractivity contribution in [2.24, 2.45) is 0 Å². The molecular formula is C18H38O3S. The first-order chi connectivity index (χ1) is 10.7. The molecule has 134 valence electrons. The second-order valence-electron chi connectivity index (χ2n) is 6.42. The van der Waals surface area contributed by atoms with Crippen LogP contribution in [0.4, 0.5) is 0 Å². The zero-order valence-corrected chi connectivity index (χ0v) is 15.8. The minimum Gasteiger partial charge on any atom is -0.269 e. The Morgan fingerprint density at radius 3 is 1.36 bits per heavy atom. The van der Waals surface area contributed by atoms with Crippen LogP contribution in [0.5, 0.6) is 0 Å². The van der Waals surface area contributed by atoms with Crippen molar-refractivity contribution in [1.82, 2.24) is 0 Å². The molecule has 0 aromatic carbocycles. The van der Waals surface area contributed by atoms with Gasteiger partial charge in [0.1, 0.15) is 0 Å². The summed E-state index contributed by atoms with van der Waals surface area (Å²) in [5.41, 5.74) is 0. The van der Waals surface area contributed by atoms with Crippen molar-refractivity contribution in [3.05, 3.63) is 0 Å². The maximum Gasteiger partial charge on any atom is 0.257 e. The van der Waals surface area contributed by atoms with Crippen LogP contribution in [0.2, 0.25) is 0 Å². The number of rotatable bonds is 17. The first-order valence-electron chi connectivity index (χ1n) is 9.51. The van der Waals surface area contributed by atoms with E-state index in [1.807, 2.05) is 0 Å². The molecule has 0 aliphatic carbocycles. The molecule has 1 unspecified atom stereocenters. The number of thiol groups is 1. The molecular weight excluding hydrogens is 296 g/mol. The smallest absolute Gasteiger partial charge is 0.257 e. The summed E-state index contributed by atoms with van der Waals surface area (Å²) in [5, 5.41) is 0. The third-order valence-corrected chi connectivity index (χ3v) is 4.71. The van der Waals surface area contributed by atoms with Crippen LogP contribution >= 0.6 is 0 Å². The Labute approximate surface area is 140 Å². The molecule has 1 atom stereocenters. The van der Waals surface area contributed by atoms with Crippen LogP contribution in [0.1, 0.15) is 110 Å². The van der Waals surface area contributed by atoms with Crippen molar-refractivity contribution in [2.75, 3.05) is 0 Å². The Morgan fingerprint density at radius 2 is 1.00 bits per heavy atom. The quantitative estimate of drug-likeness (QED) is 0.270. The first-order valence-corrected chi connectivity index (χ1v) is 10.6. The number of hydrogen-bond acceptors (Lipinski definition) is 3. The second-order valence-corrected chi connectivity index (χ2v) is 7.08. The van der Waals surface area contributed by atoms with Crippen LogP contribution in [0.15, 0.2) is 0 Å². The summed E-state index contributed by atoms with van der Waals surface area (Å²) >= 11 is 0. The van der Waals surface area contributed by atoms with E-state index in [-0.39, 0.29) is 6.10 Å². The van der Waals surface area contributed by atoms with Crippen LogP contribution < -0.4 is 0 Å². The third kappa shape index (κ3) is 16.3. The van der Waals surface area contributed by atoms with Gasteiger partial charge in [0.25, 0.3) is 11.0 Å². The summed E-state index contributed by atoms with van der Waals surface area (Å²) in [4.78, 5) is 0. The minimum absolute atomic E-state index is 0.0806. The summed E-state index contributed by atoms with van der Waals surface area (Å²) in [6, 6.07) is 0. The fraction of sp³-hybridized carbons (Fsp3) is 1.00. The fourth-order valence-electron chi connectivity index (χ4n) is 2.85. The van der Waals surface area contributed by atoms with E-state index in [0.29, 0.717) is 0 Å². The van der Waals surface area contributed by atoms with Gasteiger partial charge in [0.2, 0.25) is 0 Å². The topological polar surface area (TPSA) is 43.4 Å². The summed E-state index contributed by atoms with van der Waals surface area (Å²) in [6.45, 7) is 4.45. The lowest BCUT2D eigenvalue weighted by Crippen LogP contribution is -2.12. The predicted molar refractivity (Wildman–Crippen MR) is 95.8 cm³/mol. The Morgan fingerprint density at radius 1 is 0.636 bits per heavy atom. The first kappa shape index (κ1) is 21.9. The highest BCUT2D eigenvalue weighted by atomic mass is 32.2. The molecule has 22 heavy (non-hydrogen) atoms. The van der Waals surface area contributed by atoms with Gasteiger partial charge in [-0.15, -0.1) is 0 Å².